The molecule has 26 heavy (non-hydrogen) atoms. The Morgan fingerprint density at radius 1 is 1.31 bits per heavy atom. The van der Waals surface area contributed by atoms with Crippen molar-refractivity contribution in [2.24, 2.45) is 4.99 Å². The third-order valence-electron chi connectivity index (χ3n) is 3.65. The summed E-state index contributed by atoms with van der Waals surface area (Å²) < 4.78 is 9.66. The van der Waals surface area contributed by atoms with Crippen LogP contribution in [0.15, 0.2) is 4.99 Å². The normalized spacial score (nSPS) is 15.5. The molecule has 0 saturated carbocycles. The first-order valence-corrected chi connectivity index (χ1v) is 9.34. The number of esters is 1. The molecule has 2 rings (SSSR count). The molecular weight excluding hydrogens is 467 g/mol. The molecule has 0 bridgehead atoms. The number of aliphatic imine (C=N–C) groups is 1. The van der Waals surface area contributed by atoms with Gasteiger partial charge in [0.15, 0.2) is 5.96 Å². The van der Waals surface area contributed by atoms with Crippen LogP contribution in [0.1, 0.15) is 33.5 Å². The highest BCUT2D eigenvalue weighted by atomic mass is 127. The SMILES string of the molecule is CCc1nsc(N2CCN(C(=NC)NCC(=O)OC(C)(C)C)CC2)n1.I. The zero-order valence-electron chi connectivity index (χ0n) is 16.1. The maximum absolute atomic E-state index is 11.8. The van der Waals surface area contributed by atoms with Gasteiger partial charge in [0.05, 0.1) is 0 Å². The molecule has 1 aliphatic heterocycles. The molecule has 0 atom stereocenters. The lowest BCUT2D eigenvalue weighted by Crippen LogP contribution is -2.53. The predicted molar refractivity (Wildman–Crippen MR) is 116 cm³/mol. The van der Waals surface area contributed by atoms with Crippen LogP contribution in [-0.4, -0.2) is 71.6 Å². The molecule has 0 aliphatic carbocycles. The minimum absolute atomic E-state index is 0. The molecule has 10 heteroatoms. The molecule has 0 amide bonds. The maximum Gasteiger partial charge on any atom is 0.325 e. The van der Waals surface area contributed by atoms with Gasteiger partial charge in [0.25, 0.3) is 0 Å². The van der Waals surface area contributed by atoms with E-state index in [0.29, 0.717) is 0 Å². The molecule has 0 unspecified atom stereocenters. The summed E-state index contributed by atoms with van der Waals surface area (Å²) in [6, 6.07) is 0. The van der Waals surface area contributed by atoms with Crippen LogP contribution in [0.25, 0.3) is 0 Å². The van der Waals surface area contributed by atoms with Crippen molar-refractivity contribution in [3.05, 3.63) is 5.82 Å². The molecule has 1 aromatic heterocycles. The van der Waals surface area contributed by atoms with E-state index in [1.807, 2.05) is 20.8 Å². The Labute approximate surface area is 176 Å². The quantitative estimate of drug-likeness (QED) is 0.295. The standard InChI is InChI=1S/C16H28N6O2S.HI/c1-6-12-19-15(25-20-12)22-9-7-21(8-10-22)14(17-5)18-11-13(23)24-16(2,3)4;/h6-11H2,1-5H3,(H,17,18);1H. The molecule has 1 aromatic rings. The minimum atomic E-state index is -0.479. The Kier molecular flexibility index (Phi) is 9.01. The number of hydrogen-bond donors (Lipinski definition) is 1. The van der Waals surface area contributed by atoms with E-state index in [1.54, 1.807) is 7.05 Å². The van der Waals surface area contributed by atoms with E-state index >= 15 is 0 Å². The number of ether oxygens (including phenoxy) is 1. The second-order valence-electron chi connectivity index (χ2n) is 6.81. The lowest BCUT2D eigenvalue weighted by Gasteiger charge is -2.36. The third-order valence-corrected chi connectivity index (χ3v) is 4.46. The van der Waals surface area contributed by atoms with Gasteiger partial charge in [0.2, 0.25) is 5.13 Å². The first-order chi connectivity index (χ1) is 11.8. The number of aromatic nitrogens is 2. The van der Waals surface area contributed by atoms with Gasteiger partial charge >= 0.3 is 5.97 Å². The van der Waals surface area contributed by atoms with Crippen molar-refractivity contribution in [3.8, 4) is 0 Å². The van der Waals surface area contributed by atoms with Crippen LogP contribution in [0, 0.1) is 0 Å². The van der Waals surface area contributed by atoms with Gasteiger partial charge in [0.1, 0.15) is 18.0 Å². The summed E-state index contributed by atoms with van der Waals surface area (Å²) in [7, 11) is 1.72. The van der Waals surface area contributed by atoms with Crippen LogP contribution in [-0.2, 0) is 16.0 Å². The zero-order valence-corrected chi connectivity index (χ0v) is 19.3. The number of anilines is 1. The molecular formula is C16H29IN6O2S. The summed E-state index contributed by atoms with van der Waals surface area (Å²) >= 11 is 1.45. The van der Waals surface area contributed by atoms with Gasteiger partial charge < -0.3 is 19.9 Å². The largest absolute Gasteiger partial charge is 0.459 e. The number of carbonyl (C=O) groups excluding carboxylic acids is 1. The Hall–Kier alpha value is -1.17. The van der Waals surface area contributed by atoms with E-state index in [4.69, 9.17) is 4.74 Å². The van der Waals surface area contributed by atoms with Crippen LogP contribution in [0.2, 0.25) is 0 Å². The number of hydrogen-bond acceptors (Lipinski definition) is 7. The molecule has 0 radical (unpaired) electrons. The lowest BCUT2D eigenvalue weighted by atomic mass is 10.2. The summed E-state index contributed by atoms with van der Waals surface area (Å²) in [6.45, 7) is 11.1. The van der Waals surface area contributed by atoms with E-state index in [1.165, 1.54) is 11.5 Å². The molecule has 0 aromatic carbocycles. The van der Waals surface area contributed by atoms with Crippen molar-refractivity contribution in [1.82, 2.24) is 19.6 Å². The van der Waals surface area contributed by atoms with Crippen molar-refractivity contribution in [1.29, 1.82) is 0 Å². The van der Waals surface area contributed by atoms with Crippen LogP contribution < -0.4 is 10.2 Å². The van der Waals surface area contributed by atoms with Crippen LogP contribution in [0.4, 0.5) is 5.13 Å². The van der Waals surface area contributed by atoms with E-state index in [9.17, 15) is 4.79 Å². The van der Waals surface area contributed by atoms with Crippen LogP contribution in [0.5, 0.6) is 0 Å². The third kappa shape index (κ3) is 6.86. The van der Waals surface area contributed by atoms with Crippen molar-refractivity contribution in [3.63, 3.8) is 0 Å². The van der Waals surface area contributed by atoms with E-state index in [-0.39, 0.29) is 36.5 Å². The highest BCUT2D eigenvalue weighted by Gasteiger charge is 2.23. The number of aryl methyl sites for hydroxylation is 1. The number of guanidine groups is 1. The summed E-state index contributed by atoms with van der Waals surface area (Å²) in [4.78, 5) is 25.1. The average molecular weight is 496 g/mol. The van der Waals surface area contributed by atoms with Crippen molar-refractivity contribution in [2.75, 3.05) is 44.7 Å². The monoisotopic (exact) mass is 496 g/mol. The topological polar surface area (TPSA) is 83.0 Å². The lowest BCUT2D eigenvalue weighted by molar-refractivity contribution is -0.153. The Balaban J connectivity index is 0.00000338. The van der Waals surface area contributed by atoms with Crippen LogP contribution in [0.3, 0.4) is 0 Å². The molecule has 2 heterocycles. The number of nitrogens with one attached hydrogen (secondary N) is 1. The maximum atomic E-state index is 11.8. The van der Waals surface area contributed by atoms with Crippen molar-refractivity contribution < 1.29 is 9.53 Å². The van der Waals surface area contributed by atoms with E-state index in [2.05, 4.69) is 36.4 Å². The number of nitrogens with zero attached hydrogens (tertiary/aromatic N) is 5. The zero-order chi connectivity index (χ0) is 18.4. The number of rotatable bonds is 4. The van der Waals surface area contributed by atoms with Gasteiger partial charge in [-0.25, -0.2) is 4.98 Å². The minimum Gasteiger partial charge on any atom is -0.459 e. The molecule has 1 fully saturated rings. The summed E-state index contributed by atoms with van der Waals surface area (Å²) in [5, 5.41) is 4.07. The van der Waals surface area contributed by atoms with Gasteiger partial charge in [-0.15, -0.1) is 24.0 Å². The average Bonchev–Trinajstić information content (AvgIpc) is 3.03. The van der Waals surface area contributed by atoms with E-state index < -0.39 is 5.60 Å². The first-order valence-electron chi connectivity index (χ1n) is 8.57. The van der Waals surface area contributed by atoms with Gasteiger partial charge in [-0.2, -0.15) is 4.37 Å². The number of piperazine rings is 1. The molecule has 1 saturated heterocycles. The van der Waals surface area contributed by atoms with Gasteiger partial charge in [-0.1, -0.05) is 6.92 Å². The molecule has 0 spiro atoms. The Morgan fingerprint density at radius 2 is 1.96 bits per heavy atom. The smallest absolute Gasteiger partial charge is 0.325 e. The van der Waals surface area contributed by atoms with Gasteiger partial charge in [-0.3, -0.25) is 9.79 Å². The Bertz CT molecular complexity index is 608. The predicted octanol–water partition coefficient (Wildman–Crippen LogP) is 1.76. The second-order valence-corrected chi connectivity index (χ2v) is 7.54. The Morgan fingerprint density at radius 3 is 2.46 bits per heavy atom. The fourth-order valence-corrected chi connectivity index (χ4v) is 3.29. The van der Waals surface area contributed by atoms with Gasteiger partial charge in [0, 0.05) is 51.2 Å². The fourth-order valence-electron chi connectivity index (χ4n) is 2.49. The fraction of sp³-hybridized carbons (Fsp3) is 0.750. The number of halogens is 1. The van der Waals surface area contributed by atoms with E-state index in [0.717, 1.165) is 49.5 Å². The second kappa shape index (κ2) is 10.2. The summed E-state index contributed by atoms with van der Waals surface area (Å²) in [5.41, 5.74) is -0.479. The highest BCUT2D eigenvalue weighted by Crippen LogP contribution is 2.19. The summed E-state index contributed by atoms with van der Waals surface area (Å²) in [6.07, 6.45) is 0.859. The van der Waals surface area contributed by atoms with Gasteiger partial charge in [-0.05, 0) is 20.8 Å². The first kappa shape index (κ1) is 22.9. The van der Waals surface area contributed by atoms with Crippen molar-refractivity contribution >= 4 is 52.6 Å². The molecule has 8 nitrogen and oxygen atoms in total. The number of carbonyl (C=O) groups is 1. The van der Waals surface area contributed by atoms with Crippen molar-refractivity contribution in [2.45, 2.75) is 39.7 Å². The molecule has 1 N–H and O–H groups in total. The highest BCUT2D eigenvalue weighted by molar-refractivity contribution is 14.0. The summed E-state index contributed by atoms with van der Waals surface area (Å²) in [5.74, 6) is 1.34. The van der Waals surface area contributed by atoms with Crippen LogP contribution >= 0.6 is 35.5 Å². The molecule has 148 valence electrons. The molecule has 1 aliphatic rings.